The summed E-state index contributed by atoms with van der Waals surface area (Å²) in [6, 6.07) is 9.28. The van der Waals surface area contributed by atoms with Gasteiger partial charge in [0.05, 0.1) is 12.6 Å². The second-order valence-electron chi connectivity index (χ2n) is 4.28. The van der Waals surface area contributed by atoms with Gasteiger partial charge in [-0.05, 0) is 24.8 Å². The third kappa shape index (κ3) is 3.28. The molecule has 0 aliphatic carbocycles. The molecule has 1 aromatic carbocycles. The van der Waals surface area contributed by atoms with E-state index in [4.69, 9.17) is 10.6 Å². The molecule has 1 aliphatic rings. The van der Waals surface area contributed by atoms with Gasteiger partial charge in [-0.25, -0.2) is 5.06 Å². The maximum absolute atomic E-state index is 12.0. The summed E-state index contributed by atoms with van der Waals surface area (Å²) in [5, 5.41) is 1.41. The minimum Gasteiger partial charge on any atom is -0.320 e. The van der Waals surface area contributed by atoms with E-state index in [1.807, 2.05) is 30.3 Å². The Balaban J connectivity index is 1.90. The van der Waals surface area contributed by atoms with Gasteiger partial charge in [0, 0.05) is 6.54 Å². The van der Waals surface area contributed by atoms with E-state index in [0.717, 1.165) is 18.4 Å². The Morgan fingerprint density at radius 2 is 2.12 bits per heavy atom. The molecule has 92 valence electrons. The van der Waals surface area contributed by atoms with Gasteiger partial charge in [0.1, 0.15) is 0 Å². The second kappa shape index (κ2) is 5.80. The molecular weight excluding hydrogens is 216 g/mol. The van der Waals surface area contributed by atoms with E-state index < -0.39 is 6.04 Å². The maximum atomic E-state index is 12.0. The number of carbonyl (C=O) groups is 1. The van der Waals surface area contributed by atoms with Crippen molar-refractivity contribution in [1.82, 2.24) is 5.06 Å². The van der Waals surface area contributed by atoms with Crippen LogP contribution in [-0.2, 0) is 16.1 Å². The van der Waals surface area contributed by atoms with Crippen molar-refractivity contribution in [1.29, 1.82) is 0 Å². The fourth-order valence-electron chi connectivity index (χ4n) is 1.91. The molecule has 1 fully saturated rings. The predicted molar refractivity (Wildman–Crippen MR) is 65.0 cm³/mol. The Morgan fingerprint density at radius 3 is 2.76 bits per heavy atom. The number of nitrogens with zero attached hydrogens (tertiary/aromatic N) is 1. The topological polar surface area (TPSA) is 55.6 Å². The van der Waals surface area contributed by atoms with Crippen LogP contribution >= 0.6 is 0 Å². The monoisotopic (exact) mass is 234 g/mol. The highest BCUT2D eigenvalue weighted by molar-refractivity contribution is 5.81. The Morgan fingerprint density at radius 1 is 1.35 bits per heavy atom. The van der Waals surface area contributed by atoms with E-state index in [0.29, 0.717) is 19.6 Å². The Labute approximate surface area is 101 Å². The van der Waals surface area contributed by atoms with Crippen molar-refractivity contribution < 1.29 is 9.63 Å². The summed E-state index contributed by atoms with van der Waals surface area (Å²) in [6.07, 6.45) is 2.56. The smallest absolute Gasteiger partial charge is 0.263 e. The zero-order valence-corrected chi connectivity index (χ0v) is 9.84. The molecule has 1 atom stereocenters. The first-order valence-electron chi connectivity index (χ1n) is 6.01. The summed E-state index contributed by atoms with van der Waals surface area (Å²) < 4.78 is 0. The first-order chi connectivity index (χ1) is 8.27. The molecule has 17 heavy (non-hydrogen) atoms. The lowest BCUT2D eigenvalue weighted by Crippen LogP contribution is -2.46. The standard InChI is InChI=1S/C13H18N2O2/c14-12(10-11-6-2-1-3-7-11)13(16)15-8-4-5-9-17-15/h1-3,6-7,12H,4-5,8-10,14H2/t12-/m0/s1. The Kier molecular flexibility index (Phi) is 4.12. The number of carbonyl (C=O) groups excluding carboxylic acids is 1. The van der Waals surface area contributed by atoms with E-state index >= 15 is 0 Å². The number of hydrogen-bond acceptors (Lipinski definition) is 3. The first-order valence-corrected chi connectivity index (χ1v) is 6.01. The van der Waals surface area contributed by atoms with Gasteiger partial charge in [0.25, 0.3) is 5.91 Å². The van der Waals surface area contributed by atoms with Crippen molar-refractivity contribution in [2.45, 2.75) is 25.3 Å². The predicted octanol–water partition coefficient (Wildman–Crippen LogP) is 1.11. The maximum Gasteiger partial charge on any atom is 0.263 e. The zero-order chi connectivity index (χ0) is 12.1. The first kappa shape index (κ1) is 12.1. The van der Waals surface area contributed by atoms with Crippen LogP contribution in [0.1, 0.15) is 18.4 Å². The highest BCUT2D eigenvalue weighted by atomic mass is 16.7. The van der Waals surface area contributed by atoms with Crippen molar-refractivity contribution in [3.8, 4) is 0 Å². The highest BCUT2D eigenvalue weighted by Crippen LogP contribution is 2.09. The van der Waals surface area contributed by atoms with Gasteiger partial charge >= 0.3 is 0 Å². The van der Waals surface area contributed by atoms with Crippen molar-refractivity contribution >= 4 is 5.91 Å². The van der Waals surface area contributed by atoms with Crippen LogP contribution in [-0.4, -0.2) is 30.2 Å². The summed E-state index contributed by atoms with van der Waals surface area (Å²) >= 11 is 0. The second-order valence-corrected chi connectivity index (χ2v) is 4.28. The fourth-order valence-corrected chi connectivity index (χ4v) is 1.91. The molecule has 0 radical (unpaired) electrons. The third-order valence-electron chi connectivity index (χ3n) is 2.86. The van der Waals surface area contributed by atoms with E-state index in [9.17, 15) is 4.79 Å². The molecule has 2 rings (SSSR count). The van der Waals surface area contributed by atoms with Crippen molar-refractivity contribution in [3.05, 3.63) is 35.9 Å². The van der Waals surface area contributed by atoms with Crippen LogP contribution in [0.3, 0.4) is 0 Å². The average molecular weight is 234 g/mol. The van der Waals surface area contributed by atoms with E-state index in [-0.39, 0.29) is 5.91 Å². The SMILES string of the molecule is N[C@@H](Cc1ccccc1)C(=O)N1CCCCO1. The number of hydrogen-bond donors (Lipinski definition) is 1. The number of nitrogens with two attached hydrogens (primary N) is 1. The molecule has 1 saturated heterocycles. The molecule has 2 N–H and O–H groups in total. The number of benzene rings is 1. The fraction of sp³-hybridized carbons (Fsp3) is 0.462. The quantitative estimate of drug-likeness (QED) is 0.852. The molecule has 1 aromatic rings. The van der Waals surface area contributed by atoms with Crippen molar-refractivity contribution in [3.63, 3.8) is 0 Å². The van der Waals surface area contributed by atoms with E-state index in [2.05, 4.69) is 0 Å². The van der Waals surface area contributed by atoms with Crippen molar-refractivity contribution in [2.75, 3.05) is 13.2 Å². The molecule has 1 heterocycles. The van der Waals surface area contributed by atoms with Crippen LogP contribution in [0.15, 0.2) is 30.3 Å². The summed E-state index contributed by atoms with van der Waals surface area (Å²) in [5.74, 6) is -0.117. The van der Waals surface area contributed by atoms with Crippen LogP contribution in [0.25, 0.3) is 0 Å². The molecule has 0 saturated carbocycles. The van der Waals surface area contributed by atoms with Gasteiger partial charge in [0.15, 0.2) is 0 Å². The summed E-state index contributed by atoms with van der Waals surface area (Å²) in [4.78, 5) is 17.3. The van der Waals surface area contributed by atoms with Gasteiger partial charge in [-0.3, -0.25) is 9.63 Å². The van der Waals surface area contributed by atoms with Crippen molar-refractivity contribution in [2.24, 2.45) is 5.73 Å². The van der Waals surface area contributed by atoms with Gasteiger partial charge in [-0.2, -0.15) is 0 Å². The molecule has 0 aromatic heterocycles. The van der Waals surface area contributed by atoms with Crippen LogP contribution in [0, 0.1) is 0 Å². The zero-order valence-electron chi connectivity index (χ0n) is 9.84. The molecular formula is C13H18N2O2. The summed E-state index contributed by atoms with van der Waals surface area (Å²) in [6.45, 7) is 1.27. The molecule has 0 spiro atoms. The van der Waals surface area contributed by atoms with Crippen LogP contribution in [0.5, 0.6) is 0 Å². The normalized spacial score (nSPS) is 17.8. The number of rotatable bonds is 3. The molecule has 0 bridgehead atoms. The molecule has 1 amide bonds. The largest absolute Gasteiger partial charge is 0.320 e. The van der Waals surface area contributed by atoms with E-state index in [1.54, 1.807) is 0 Å². The number of hydroxylamine groups is 2. The average Bonchev–Trinajstić information content (AvgIpc) is 2.40. The molecule has 1 aliphatic heterocycles. The minimum atomic E-state index is -0.518. The van der Waals surface area contributed by atoms with Crippen LogP contribution in [0.4, 0.5) is 0 Å². The molecule has 4 heteroatoms. The van der Waals surface area contributed by atoms with Crippen LogP contribution in [0.2, 0.25) is 0 Å². The van der Waals surface area contributed by atoms with Gasteiger partial charge in [-0.15, -0.1) is 0 Å². The minimum absolute atomic E-state index is 0.117. The van der Waals surface area contributed by atoms with Crippen LogP contribution < -0.4 is 5.73 Å². The van der Waals surface area contributed by atoms with E-state index in [1.165, 1.54) is 5.06 Å². The lowest BCUT2D eigenvalue weighted by atomic mass is 10.1. The Bertz CT molecular complexity index is 361. The molecule has 4 nitrogen and oxygen atoms in total. The summed E-state index contributed by atoms with van der Waals surface area (Å²) in [5.41, 5.74) is 6.98. The van der Waals surface area contributed by atoms with Gasteiger partial charge in [-0.1, -0.05) is 30.3 Å². The summed E-state index contributed by atoms with van der Waals surface area (Å²) in [7, 11) is 0. The lowest BCUT2D eigenvalue weighted by molar-refractivity contribution is -0.198. The third-order valence-corrected chi connectivity index (χ3v) is 2.86. The number of amides is 1. The Hall–Kier alpha value is -1.39. The highest BCUT2D eigenvalue weighted by Gasteiger charge is 2.23. The lowest BCUT2D eigenvalue weighted by Gasteiger charge is -2.28. The van der Waals surface area contributed by atoms with Gasteiger partial charge < -0.3 is 5.73 Å². The van der Waals surface area contributed by atoms with Gasteiger partial charge in [0.2, 0.25) is 0 Å². The molecule has 0 unspecified atom stereocenters.